The Balaban J connectivity index is 3.05. The minimum Gasteiger partial charge on any atom is -0.372 e. The zero-order valence-electron chi connectivity index (χ0n) is 12.3. The Morgan fingerprint density at radius 3 is 1.68 bits per heavy atom. The first-order valence-corrected chi connectivity index (χ1v) is 8.30. The first-order chi connectivity index (χ1) is 9.01. The molecular formula is C14H24N2O2S. The second-order valence-electron chi connectivity index (χ2n) is 4.26. The Morgan fingerprint density at radius 1 is 0.842 bits per heavy atom. The van der Waals surface area contributed by atoms with E-state index in [4.69, 9.17) is 0 Å². The number of rotatable bonds is 7. The number of benzene rings is 1. The summed E-state index contributed by atoms with van der Waals surface area (Å²) in [5.41, 5.74) is 1.06. The molecule has 0 spiro atoms. The molecule has 0 N–H and O–H groups in total. The van der Waals surface area contributed by atoms with E-state index < -0.39 is 10.0 Å². The molecule has 5 heteroatoms. The lowest BCUT2D eigenvalue weighted by molar-refractivity contribution is 0.445. The highest BCUT2D eigenvalue weighted by atomic mass is 32.2. The van der Waals surface area contributed by atoms with Crippen LogP contribution in [0.15, 0.2) is 29.2 Å². The Labute approximate surface area is 117 Å². The first kappa shape index (κ1) is 16.0. The predicted octanol–water partition coefficient (Wildman–Crippen LogP) is 2.56. The zero-order chi connectivity index (χ0) is 14.5. The van der Waals surface area contributed by atoms with Gasteiger partial charge in [-0.25, -0.2) is 8.42 Å². The largest absolute Gasteiger partial charge is 0.372 e. The van der Waals surface area contributed by atoms with Crippen LogP contribution < -0.4 is 4.90 Å². The summed E-state index contributed by atoms with van der Waals surface area (Å²) in [5, 5.41) is 0. The summed E-state index contributed by atoms with van der Waals surface area (Å²) >= 11 is 0. The lowest BCUT2D eigenvalue weighted by atomic mass is 10.3. The standard InChI is InChI=1S/C14H24N2O2S/c1-5-15(6-2)13-9-11-14(12-10-13)19(17,18)16(7-3)8-4/h9-12H,5-8H2,1-4H3. The fourth-order valence-electron chi connectivity index (χ4n) is 2.13. The summed E-state index contributed by atoms with van der Waals surface area (Å²) in [7, 11) is -3.34. The number of hydrogen-bond acceptors (Lipinski definition) is 3. The van der Waals surface area contributed by atoms with Gasteiger partial charge in [-0.15, -0.1) is 0 Å². The molecule has 0 heterocycles. The third kappa shape index (κ3) is 3.48. The van der Waals surface area contributed by atoms with E-state index in [0.29, 0.717) is 18.0 Å². The lowest BCUT2D eigenvalue weighted by Gasteiger charge is -2.22. The summed E-state index contributed by atoms with van der Waals surface area (Å²) in [5.74, 6) is 0. The third-order valence-electron chi connectivity index (χ3n) is 3.31. The van der Waals surface area contributed by atoms with Gasteiger partial charge in [0.05, 0.1) is 4.90 Å². The van der Waals surface area contributed by atoms with Crippen LogP contribution in [0.2, 0.25) is 0 Å². The third-order valence-corrected chi connectivity index (χ3v) is 5.37. The monoisotopic (exact) mass is 284 g/mol. The lowest BCUT2D eigenvalue weighted by Crippen LogP contribution is -2.30. The van der Waals surface area contributed by atoms with Crippen LogP contribution in [0.4, 0.5) is 5.69 Å². The predicted molar refractivity (Wildman–Crippen MR) is 80.1 cm³/mol. The van der Waals surface area contributed by atoms with Gasteiger partial charge < -0.3 is 4.90 Å². The van der Waals surface area contributed by atoms with Gasteiger partial charge in [-0.1, -0.05) is 13.8 Å². The highest BCUT2D eigenvalue weighted by molar-refractivity contribution is 7.89. The van der Waals surface area contributed by atoms with E-state index in [1.54, 1.807) is 12.1 Å². The Bertz CT molecular complexity index is 475. The molecule has 0 unspecified atom stereocenters. The van der Waals surface area contributed by atoms with E-state index in [9.17, 15) is 8.42 Å². The zero-order valence-corrected chi connectivity index (χ0v) is 13.1. The van der Waals surface area contributed by atoms with Crippen LogP contribution >= 0.6 is 0 Å². The van der Waals surface area contributed by atoms with E-state index in [1.807, 2.05) is 26.0 Å². The molecule has 0 aliphatic heterocycles. The van der Waals surface area contributed by atoms with Crippen molar-refractivity contribution in [3.63, 3.8) is 0 Å². The number of anilines is 1. The highest BCUT2D eigenvalue weighted by Gasteiger charge is 2.21. The SMILES string of the molecule is CCN(CC)c1ccc(S(=O)(=O)N(CC)CC)cc1. The maximum atomic E-state index is 12.3. The smallest absolute Gasteiger partial charge is 0.243 e. The minimum absolute atomic E-state index is 0.368. The summed E-state index contributed by atoms with van der Waals surface area (Å²) in [6, 6.07) is 7.15. The van der Waals surface area contributed by atoms with Gasteiger partial charge >= 0.3 is 0 Å². The van der Waals surface area contributed by atoms with Crippen LogP contribution in [-0.2, 0) is 10.0 Å². The molecule has 1 aromatic carbocycles. The van der Waals surface area contributed by atoms with Gasteiger partial charge in [-0.05, 0) is 38.1 Å². The molecule has 0 atom stereocenters. The van der Waals surface area contributed by atoms with Gasteiger partial charge in [-0.2, -0.15) is 4.31 Å². The van der Waals surface area contributed by atoms with Crippen LogP contribution in [0, 0.1) is 0 Å². The maximum Gasteiger partial charge on any atom is 0.243 e. The number of nitrogens with zero attached hydrogens (tertiary/aromatic N) is 2. The minimum atomic E-state index is -3.34. The van der Waals surface area contributed by atoms with E-state index in [0.717, 1.165) is 18.8 Å². The molecule has 0 fully saturated rings. The summed E-state index contributed by atoms with van der Waals surface area (Å²) in [6.45, 7) is 10.7. The van der Waals surface area contributed by atoms with Crippen molar-refractivity contribution in [2.75, 3.05) is 31.1 Å². The molecule has 0 aliphatic rings. The Kier molecular flexibility index (Phi) is 5.82. The van der Waals surface area contributed by atoms with Gasteiger partial charge in [0, 0.05) is 31.9 Å². The van der Waals surface area contributed by atoms with E-state index in [-0.39, 0.29) is 0 Å². The quantitative estimate of drug-likeness (QED) is 0.772. The van der Waals surface area contributed by atoms with Crippen molar-refractivity contribution in [3.05, 3.63) is 24.3 Å². The number of hydrogen-bond donors (Lipinski definition) is 0. The normalized spacial score (nSPS) is 11.8. The molecule has 0 amide bonds. The first-order valence-electron chi connectivity index (χ1n) is 6.86. The molecule has 0 saturated heterocycles. The molecule has 1 aromatic rings. The Hall–Kier alpha value is -1.07. The number of sulfonamides is 1. The molecule has 4 nitrogen and oxygen atoms in total. The van der Waals surface area contributed by atoms with Crippen molar-refractivity contribution < 1.29 is 8.42 Å². The van der Waals surface area contributed by atoms with E-state index >= 15 is 0 Å². The van der Waals surface area contributed by atoms with Crippen molar-refractivity contribution in [2.24, 2.45) is 0 Å². The van der Waals surface area contributed by atoms with Gasteiger partial charge in [-0.3, -0.25) is 0 Å². The fraction of sp³-hybridized carbons (Fsp3) is 0.571. The molecule has 19 heavy (non-hydrogen) atoms. The Morgan fingerprint density at radius 2 is 1.32 bits per heavy atom. The van der Waals surface area contributed by atoms with Gasteiger partial charge in [0.2, 0.25) is 10.0 Å². The van der Waals surface area contributed by atoms with Crippen LogP contribution in [-0.4, -0.2) is 38.9 Å². The molecule has 0 radical (unpaired) electrons. The van der Waals surface area contributed by atoms with Crippen LogP contribution in [0.25, 0.3) is 0 Å². The molecule has 0 aromatic heterocycles. The van der Waals surface area contributed by atoms with Crippen molar-refractivity contribution in [3.8, 4) is 0 Å². The molecule has 0 bridgehead atoms. The highest BCUT2D eigenvalue weighted by Crippen LogP contribution is 2.20. The second-order valence-corrected chi connectivity index (χ2v) is 6.19. The second kappa shape index (κ2) is 6.91. The average molecular weight is 284 g/mol. The van der Waals surface area contributed by atoms with E-state index in [1.165, 1.54) is 4.31 Å². The topological polar surface area (TPSA) is 40.6 Å². The van der Waals surface area contributed by atoms with Crippen LogP contribution in [0.5, 0.6) is 0 Å². The molecule has 0 saturated carbocycles. The van der Waals surface area contributed by atoms with Gasteiger partial charge in [0.25, 0.3) is 0 Å². The average Bonchev–Trinajstić information content (AvgIpc) is 2.42. The van der Waals surface area contributed by atoms with Gasteiger partial charge in [0.1, 0.15) is 0 Å². The van der Waals surface area contributed by atoms with E-state index in [2.05, 4.69) is 18.7 Å². The summed E-state index contributed by atoms with van der Waals surface area (Å²) in [6.07, 6.45) is 0. The molecule has 1 rings (SSSR count). The molecule has 0 aliphatic carbocycles. The summed E-state index contributed by atoms with van der Waals surface area (Å²) < 4.78 is 26.1. The van der Waals surface area contributed by atoms with Crippen molar-refractivity contribution in [1.29, 1.82) is 0 Å². The fourth-order valence-corrected chi connectivity index (χ4v) is 3.59. The van der Waals surface area contributed by atoms with Crippen LogP contribution in [0.3, 0.4) is 0 Å². The summed E-state index contributed by atoms with van der Waals surface area (Å²) in [4.78, 5) is 2.56. The van der Waals surface area contributed by atoms with Crippen LogP contribution in [0.1, 0.15) is 27.7 Å². The van der Waals surface area contributed by atoms with Crippen molar-refractivity contribution in [2.45, 2.75) is 32.6 Å². The van der Waals surface area contributed by atoms with Crippen molar-refractivity contribution in [1.82, 2.24) is 4.31 Å². The molecule has 108 valence electrons. The van der Waals surface area contributed by atoms with Crippen molar-refractivity contribution >= 4 is 15.7 Å². The maximum absolute atomic E-state index is 12.3. The van der Waals surface area contributed by atoms with Gasteiger partial charge in [0.15, 0.2) is 0 Å². The molecular weight excluding hydrogens is 260 g/mol.